The van der Waals surface area contributed by atoms with E-state index in [2.05, 4.69) is 10.6 Å². The van der Waals surface area contributed by atoms with Crippen molar-refractivity contribution in [1.82, 2.24) is 10.6 Å². The second-order valence-electron chi connectivity index (χ2n) is 14.2. The Kier molecular flexibility index (Phi) is 16.8. The van der Waals surface area contributed by atoms with Gasteiger partial charge in [0.15, 0.2) is 0 Å². The highest BCUT2D eigenvalue weighted by Crippen LogP contribution is 2.34. The molecule has 0 heterocycles. The molecule has 5 N–H and O–H groups in total. The molecule has 3 aromatic rings. The summed E-state index contributed by atoms with van der Waals surface area (Å²) in [6.07, 6.45) is 12.4. The van der Waals surface area contributed by atoms with E-state index in [9.17, 15) is 23.6 Å². The Bertz CT molecular complexity index is 1730. The minimum absolute atomic E-state index is 0.0801. The van der Waals surface area contributed by atoms with Crippen molar-refractivity contribution in [2.75, 3.05) is 20.0 Å². The molecule has 292 valence electrons. The predicted molar refractivity (Wildman–Crippen MR) is 207 cm³/mol. The van der Waals surface area contributed by atoms with Crippen LogP contribution in [0.5, 0.6) is 11.5 Å². The normalized spacial score (nSPS) is 15.3. The highest BCUT2D eigenvalue weighted by Gasteiger charge is 2.25. The highest BCUT2D eigenvalue weighted by molar-refractivity contribution is 5.82. The lowest BCUT2D eigenvalue weighted by atomic mass is 10.0. The molecule has 3 aromatic carbocycles. The zero-order chi connectivity index (χ0) is 38.9. The molecule has 0 saturated carbocycles. The fraction of sp³-hybridized carbons (Fsp3) is 0.488. The summed E-state index contributed by atoms with van der Waals surface area (Å²) in [4.78, 5) is 46.9. The standard InChI is InChI=1S/C25H31FN2O3.C18H25NO4/c1-31-21-11-12-22-17(15-21)9-13-24(22)28-25(30)7-5-3-2-4-6-20(29)14-18-8-10-19(26)16-23(18)27;1-23-14-9-10-15-13(12-14)8-11-16(15)19-17(20)6-4-2-3-5-7-18(21)22/h8,10-12,15-16,24H,2-7,9,13-14,27H2,1H3,(H,28,30);9-10,12,16H,2-8,11H2,1H3,(H,19,20)(H,21,22). The average Bonchev–Trinajstić information content (AvgIpc) is 3.75. The lowest BCUT2D eigenvalue weighted by Crippen LogP contribution is -2.26. The van der Waals surface area contributed by atoms with Crippen LogP contribution in [0.3, 0.4) is 0 Å². The van der Waals surface area contributed by atoms with Crippen molar-refractivity contribution in [1.29, 1.82) is 0 Å². The molecule has 2 aliphatic rings. The summed E-state index contributed by atoms with van der Waals surface area (Å²) in [5, 5.41) is 14.8. The molecule has 0 aliphatic heterocycles. The van der Waals surface area contributed by atoms with Gasteiger partial charge >= 0.3 is 5.97 Å². The number of hydrogen-bond acceptors (Lipinski definition) is 7. The van der Waals surface area contributed by atoms with Crippen molar-refractivity contribution < 1.29 is 38.1 Å². The molecule has 0 fully saturated rings. The summed E-state index contributed by atoms with van der Waals surface area (Å²) in [5.41, 5.74) is 11.6. The van der Waals surface area contributed by atoms with Crippen molar-refractivity contribution in [3.05, 3.63) is 88.2 Å². The fourth-order valence-corrected chi connectivity index (χ4v) is 7.18. The van der Waals surface area contributed by atoms with Crippen LogP contribution in [0.15, 0.2) is 54.6 Å². The largest absolute Gasteiger partial charge is 0.497 e. The molecule has 0 radical (unpaired) electrons. The van der Waals surface area contributed by atoms with E-state index in [0.717, 1.165) is 82.1 Å². The number of anilines is 1. The Balaban J connectivity index is 0.000000252. The number of aryl methyl sites for hydroxylation is 2. The maximum absolute atomic E-state index is 13.1. The molecule has 11 heteroatoms. The van der Waals surface area contributed by atoms with E-state index < -0.39 is 11.8 Å². The molecule has 2 amide bonds. The van der Waals surface area contributed by atoms with Gasteiger partial charge in [-0.25, -0.2) is 4.39 Å². The molecule has 2 atom stereocenters. The number of methoxy groups -OCH3 is 2. The van der Waals surface area contributed by atoms with Gasteiger partial charge in [0.1, 0.15) is 23.1 Å². The van der Waals surface area contributed by atoms with Crippen LogP contribution in [0.1, 0.15) is 130 Å². The van der Waals surface area contributed by atoms with Gasteiger partial charge in [0.2, 0.25) is 11.8 Å². The van der Waals surface area contributed by atoms with Crippen LogP contribution in [0.2, 0.25) is 0 Å². The van der Waals surface area contributed by atoms with Crippen LogP contribution in [-0.4, -0.2) is 42.9 Å². The Morgan fingerprint density at radius 3 is 1.63 bits per heavy atom. The number of halogens is 1. The van der Waals surface area contributed by atoms with Gasteiger partial charge in [-0.3, -0.25) is 19.2 Å². The number of carbonyl (C=O) groups excluding carboxylic acids is 3. The molecular weight excluding hydrogens is 689 g/mol. The monoisotopic (exact) mass is 745 g/mol. The summed E-state index contributed by atoms with van der Waals surface area (Å²) in [6.45, 7) is 0. The van der Waals surface area contributed by atoms with Gasteiger partial charge in [-0.15, -0.1) is 0 Å². The molecule has 0 saturated heterocycles. The first kappa shape index (κ1) is 41.8. The maximum Gasteiger partial charge on any atom is 0.303 e. The number of hydrogen-bond donors (Lipinski definition) is 4. The van der Waals surface area contributed by atoms with E-state index in [1.165, 1.54) is 34.4 Å². The van der Waals surface area contributed by atoms with Crippen molar-refractivity contribution in [3.63, 3.8) is 0 Å². The molecule has 2 unspecified atom stereocenters. The Labute approximate surface area is 318 Å². The zero-order valence-corrected chi connectivity index (χ0v) is 31.7. The van der Waals surface area contributed by atoms with Crippen LogP contribution < -0.4 is 25.8 Å². The topological polar surface area (TPSA) is 157 Å². The third-order valence-corrected chi connectivity index (χ3v) is 10.2. The number of carboxylic acid groups (broad SMARTS) is 1. The number of Topliss-reactive ketones (excluding diaryl/α,β-unsaturated/α-hetero) is 1. The summed E-state index contributed by atoms with van der Waals surface area (Å²) >= 11 is 0. The van der Waals surface area contributed by atoms with Crippen molar-refractivity contribution in [2.24, 2.45) is 0 Å². The molecule has 54 heavy (non-hydrogen) atoms. The number of nitrogen functional groups attached to an aromatic ring is 1. The van der Waals surface area contributed by atoms with Gasteiger partial charge in [0, 0.05) is 37.8 Å². The van der Waals surface area contributed by atoms with Crippen LogP contribution in [0, 0.1) is 5.82 Å². The number of carboxylic acids is 1. The van der Waals surface area contributed by atoms with Crippen LogP contribution in [0.25, 0.3) is 0 Å². The van der Waals surface area contributed by atoms with E-state index in [1.807, 2.05) is 36.4 Å². The van der Waals surface area contributed by atoms with Gasteiger partial charge in [0.25, 0.3) is 0 Å². The van der Waals surface area contributed by atoms with Crippen LogP contribution in [-0.2, 0) is 38.4 Å². The molecule has 5 rings (SSSR count). The van der Waals surface area contributed by atoms with E-state index in [4.69, 9.17) is 20.3 Å². The Morgan fingerprint density at radius 2 is 1.17 bits per heavy atom. The van der Waals surface area contributed by atoms with Crippen molar-refractivity contribution >= 4 is 29.3 Å². The number of ether oxygens (including phenoxy) is 2. The van der Waals surface area contributed by atoms with Gasteiger partial charge < -0.3 is 30.9 Å². The summed E-state index contributed by atoms with van der Waals surface area (Å²) in [5.74, 6) is 0.831. The highest BCUT2D eigenvalue weighted by atomic mass is 19.1. The van der Waals surface area contributed by atoms with Crippen LogP contribution >= 0.6 is 0 Å². The second-order valence-corrected chi connectivity index (χ2v) is 14.2. The van der Waals surface area contributed by atoms with Gasteiger partial charge in [0.05, 0.1) is 26.3 Å². The second kappa shape index (κ2) is 21.7. The maximum atomic E-state index is 13.1. The Hall–Kier alpha value is -4.93. The van der Waals surface area contributed by atoms with Crippen molar-refractivity contribution in [3.8, 4) is 11.5 Å². The SMILES string of the molecule is COc1ccc2c(c1)CCC2NC(=O)CCCCCCC(=O)Cc1ccc(F)cc1N.COc1ccc2c(c1)CCC2NC(=O)CCCCCCC(=O)O. The molecule has 0 bridgehead atoms. The summed E-state index contributed by atoms with van der Waals surface area (Å²) in [6, 6.07) is 16.4. The molecule has 0 spiro atoms. The van der Waals surface area contributed by atoms with Gasteiger partial charge in [-0.1, -0.05) is 43.9 Å². The molecule has 10 nitrogen and oxygen atoms in total. The Morgan fingerprint density at radius 1 is 0.685 bits per heavy atom. The molecule has 0 aromatic heterocycles. The van der Waals surface area contributed by atoms with E-state index in [1.54, 1.807) is 20.3 Å². The summed E-state index contributed by atoms with van der Waals surface area (Å²) in [7, 11) is 3.32. The molecular formula is C43H56FN3O7. The first-order chi connectivity index (χ1) is 26.1. The third kappa shape index (κ3) is 13.5. The number of nitrogens with one attached hydrogen (secondary N) is 2. The first-order valence-corrected chi connectivity index (χ1v) is 19.3. The average molecular weight is 746 g/mol. The van der Waals surface area contributed by atoms with Crippen molar-refractivity contribution in [2.45, 2.75) is 121 Å². The number of ketones is 1. The minimum Gasteiger partial charge on any atom is -0.497 e. The molecule has 2 aliphatic carbocycles. The minimum atomic E-state index is -0.751. The van der Waals surface area contributed by atoms with Crippen LogP contribution in [0.4, 0.5) is 10.1 Å². The van der Waals surface area contributed by atoms with Gasteiger partial charge in [-0.05, 0) is 116 Å². The predicted octanol–water partition coefficient (Wildman–Crippen LogP) is 7.90. The number of aliphatic carboxylic acids is 1. The van der Waals surface area contributed by atoms with E-state index in [-0.39, 0.29) is 42.5 Å². The van der Waals surface area contributed by atoms with E-state index >= 15 is 0 Å². The number of fused-ring (bicyclic) bond motifs is 2. The third-order valence-electron chi connectivity index (χ3n) is 10.2. The number of nitrogens with two attached hydrogens (primary N) is 1. The van der Waals surface area contributed by atoms with Gasteiger partial charge in [-0.2, -0.15) is 0 Å². The lowest BCUT2D eigenvalue weighted by molar-refractivity contribution is -0.137. The number of benzene rings is 3. The smallest absolute Gasteiger partial charge is 0.303 e. The first-order valence-electron chi connectivity index (χ1n) is 19.3. The zero-order valence-electron chi connectivity index (χ0n) is 31.7. The number of unbranched alkanes of at least 4 members (excludes halogenated alkanes) is 6. The number of amides is 2. The summed E-state index contributed by atoms with van der Waals surface area (Å²) < 4.78 is 23.6. The quantitative estimate of drug-likeness (QED) is 0.0672. The van der Waals surface area contributed by atoms with E-state index in [0.29, 0.717) is 36.9 Å². The lowest BCUT2D eigenvalue weighted by Gasteiger charge is -2.14. The number of carbonyl (C=O) groups is 4. The number of rotatable bonds is 20. The fourth-order valence-electron chi connectivity index (χ4n) is 7.18.